The third-order valence-electron chi connectivity index (χ3n) is 2.76. The number of alkyl halides is 6. The quantitative estimate of drug-likeness (QED) is 0.294. The molecule has 1 heterocycles. The van der Waals surface area contributed by atoms with E-state index in [0.717, 1.165) is 10.2 Å². The van der Waals surface area contributed by atoms with E-state index >= 15 is 0 Å². The molecular weight excluding hydrogens is 390 g/mol. The van der Waals surface area contributed by atoms with Gasteiger partial charge in [-0.2, -0.15) is 36.0 Å². The highest BCUT2D eigenvalue weighted by atomic mass is 19.4. The van der Waals surface area contributed by atoms with Crippen LogP contribution in [0, 0.1) is 6.92 Å². The minimum absolute atomic E-state index is 0.240. The van der Waals surface area contributed by atoms with Gasteiger partial charge >= 0.3 is 30.0 Å². The number of aryl methyl sites for hydroxylation is 1. The largest absolute Gasteiger partial charge is 0.491 e. The van der Waals surface area contributed by atoms with Gasteiger partial charge < -0.3 is 16.3 Å². The third-order valence-corrected chi connectivity index (χ3v) is 2.76. The Kier molecular flexibility index (Phi) is 6.04. The summed E-state index contributed by atoms with van der Waals surface area (Å²) in [6.45, 7) is 1.94. The number of nitrogens with two attached hydrogens (primary N) is 2. The van der Waals surface area contributed by atoms with Gasteiger partial charge in [0.2, 0.25) is 0 Å². The molecule has 0 aliphatic carbocycles. The van der Waals surface area contributed by atoms with Crippen LogP contribution in [0.4, 0.5) is 32.2 Å². The second-order valence-electron chi connectivity index (χ2n) is 4.84. The van der Waals surface area contributed by atoms with Crippen molar-refractivity contribution in [2.75, 3.05) is 11.6 Å². The SMILES string of the molecule is Cc1ccc2nc(=O)n(N)c(N)c2c1.O=C(OC(=O)C(F)(F)F)C(F)(F)F. The van der Waals surface area contributed by atoms with E-state index in [1.165, 1.54) is 0 Å². The Bertz CT molecular complexity index is 911. The molecule has 1 aromatic carbocycles. The number of benzene rings is 1. The Morgan fingerprint density at radius 2 is 1.56 bits per heavy atom. The van der Waals surface area contributed by atoms with Crippen LogP contribution in [0.25, 0.3) is 10.9 Å². The Morgan fingerprint density at radius 3 is 2.00 bits per heavy atom. The Balaban J connectivity index is 0.000000271. The average molecular weight is 400 g/mol. The molecule has 0 aliphatic heterocycles. The zero-order chi connectivity index (χ0) is 21.2. The Labute approximate surface area is 145 Å². The number of hydrogen-bond donors (Lipinski definition) is 2. The Morgan fingerprint density at radius 1 is 1.07 bits per heavy atom. The predicted octanol–water partition coefficient (Wildman–Crippen LogP) is 1.18. The normalized spacial score (nSPS) is 11.5. The summed E-state index contributed by atoms with van der Waals surface area (Å²) in [6.07, 6.45) is -11.2. The number of rotatable bonds is 0. The van der Waals surface area contributed by atoms with Crippen LogP contribution in [0.2, 0.25) is 0 Å². The fraction of sp³-hybridized carbons (Fsp3) is 0.231. The molecule has 1 aromatic heterocycles. The van der Waals surface area contributed by atoms with Crippen molar-refractivity contribution in [3.05, 3.63) is 34.2 Å². The number of hydrogen-bond acceptors (Lipinski definition) is 7. The van der Waals surface area contributed by atoms with Crippen LogP contribution in [0.15, 0.2) is 23.0 Å². The van der Waals surface area contributed by atoms with Crippen molar-refractivity contribution in [1.29, 1.82) is 0 Å². The van der Waals surface area contributed by atoms with Crippen molar-refractivity contribution in [1.82, 2.24) is 9.66 Å². The maximum Gasteiger partial charge on any atom is 0.491 e. The van der Waals surface area contributed by atoms with Gasteiger partial charge in [0.05, 0.1) is 5.52 Å². The summed E-state index contributed by atoms with van der Waals surface area (Å²) in [7, 11) is 0. The summed E-state index contributed by atoms with van der Waals surface area (Å²) in [5, 5.41) is 0.701. The molecule has 0 amide bonds. The van der Waals surface area contributed by atoms with E-state index in [9.17, 15) is 40.7 Å². The van der Waals surface area contributed by atoms with E-state index in [1.54, 1.807) is 6.07 Å². The van der Waals surface area contributed by atoms with E-state index < -0.39 is 30.0 Å². The molecule has 27 heavy (non-hydrogen) atoms. The molecule has 8 nitrogen and oxygen atoms in total. The lowest BCUT2D eigenvalue weighted by atomic mass is 10.1. The number of carbonyl (C=O) groups excluding carboxylic acids is 2. The first-order chi connectivity index (χ1) is 12.1. The van der Waals surface area contributed by atoms with Gasteiger partial charge in [-0.05, 0) is 19.1 Å². The van der Waals surface area contributed by atoms with Gasteiger partial charge in [-0.1, -0.05) is 11.6 Å². The van der Waals surface area contributed by atoms with E-state index in [2.05, 4.69) is 9.72 Å². The van der Waals surface area contributed by atoms with E-state index in [0.29, 0.717) is 10.9 Å². The third kappa shape index (κ3) is 5.58. The van der Waals surface area contributed by atoms with Crippen LogP contribution in [-0.4, -0.2) is 34.0 Å². The van der Waals surface area contributed by atoms with E-state index in [1.807, 2.05) is 19.1 Å². The summed E-state index contributed by atoms with van der Waals surface area (Å²) in [6, 6.07) is 5.47. The topological polar surface area (TPSA) is 130 Å². The first-order valence-corrected chi connectivity index (χ1v) is 6.58. The fourth-order valence-corrected chi connectivity index (χ4v) is 1.54. The van der Waals surface area contributed by atoms with Crippen LogP contribution in [0.1, 0.15) is 5.56 Å². The number of ether oxygens (including phenoxy) is 1. The average Bonchev–Trinajstić information content (AvgIpc) is 2.52. The minimum atomic E-state index is -5.62. The highest BCUT2D eigenvalue weighted by molar-refractivity contribution is 5.91. The van der Waals surface area contributed by atoms with Gasteiger partial charge in [-0.3, -0.25) is 0 Å². The molecule has 0 aliphatic rings. The van der Waals surface area contributed by atoms with Crippen molar-refractivity contribution in [2.24, 2.45) is 0 Å². The molecule has 2 aromatic rings. The number of nitrogen functional groups attached to an aromatic ring is 2. The van der Waals surface area contributed by atoms with Crippen LogP contribution in [0.5, 0.6) is 0 Å². The first-order valence-electron chi connectivity index (χ1n) is 6.58. The van der Waals surface area contributed by atoms with Gasteiger partial charge in [-0.15, -0.1) is 0 Å². The lowest BCUT2D eigenvalue weighted by molar-refractivity contribution is -0.221. The van der Waals surface area contributed by atoms with Crippen molar-refractivity contribution in [2.45, 2.75) is 19.3 Å². The molecule has 0 saturated heterocycles. The summed E-state index contributed by atoms with van der Waals surface area (Å²) >= 11 is 0. The molecule has 0 atom stereocenters. The zero-order valence-electron chi connectivity index (χ0n) is 13.2. The summed E-state index contributed by atoms with van der Waals surface area (Å²) in [5.41, 5.74) is 6.76. The van der Waals surface area contributed by atoms with E-state index in [4.69, 9.17) is 11.6 Å². The minimum Gasteiger partial charge on any atom is -0.383 e. The number of halogens is 6. The zero-order valence-corrected chi connectivity index (χ0v) is 13.2. The van der Waals surface area contributed by atoms with Crippen molar-refractivity contribution in [3.8, 4) is 0 Å². The molecule has 14 heteroatoms. The van der Waals surface area contributed by atoms with E-state index in [-0.39, 0.29) is 5.82 Å². The Hall–Kier alpha value is -3.32. The molecule has 4 N–H and O–H groups in total. The maximum atomic E-state index is 11.2. The second-order valence-corrected chi connectivity index (χ2v) is 4.84. The molecule has 0 unspecified atom stereocenters. The van der Waals surface area contributed by atoms with Crippen LogP contribution < -0.4 is 17.3 Å². The van der Waals surface area contributed by atoms with Crippen LogP contribution >= 0.6 is 0 Å². The van der Waals surface area contributed by atoms with Gasteiger partial charge in [-0.25, -0.2) is 14.4 Å². The maximum absolute atomic E-state index is 11.2. The van der Waals surface area contributed by atoms with Crippen molar-refractivity contribution >= 4 is 28.7 Å². The molecule has 2 rings (SSSR count). The van der Waals surface area contributed by atoms with Gasteiger partial charge in [0.15, 0.2) is 0 Å². The second kappa shape index (κ2) is 7.51. The molecule has 0 radical (unpaired) electrons. The van der Waals surface area contributed by atoms with Gasteiger partial charge in [0, 0.05) is 5.39 Å². The van der Waals surface area contributed by atoms with Crippen molar-refractivity contribution in [3.63, 3.8) is 0 Å². The first kappa shape index (κ1) is 21.7. The number of anilines is 1. The molecule has 0 bridgehead atoms. The standard InChI is InChI=1S/C9H10N4O.C4F6O3/c1-5-2-3-7-6(4-5)8(10)13(11)9(14)12-7;5-3(6,7)1(11)13-2(12)4(8,9)10/h2-4H,10-11H2,1H3;. The lowest BCUT2D eigenvalue weighted by Gasteiger charge is -2.06. The summed E-state index contributed by atoms with van der Waals surface area (Å²) < 4.78 is 70.5. The summed E-state index contributed by atoms with van der Waals surface area (Å²) in [4.78, 5) is 34.3. The van der Waals surface area contributed by atoms with Crippen LogP contribution in [-0.2, 0) is 14.3 Å². The molecule has 148 valence electrons. The highest BCUT2D eigenvalue weighted by Crippen LogP contribution is 2.21. The number of fused-ring (bicyclic) bond motifs is 1. The number of nitrogens with zero attached hydrogens (tertiary/aromatic N) is 2. The smallest absolute Gasteiger partial charge is 0.383 e. The fourth-order valence-electron chi connectivity index (χ4n) is 1.54. The number of aromatic nitrogens is 2. The van der Waals surface area contributed by atoms with Gasteiger partial charge in [0.25, 0.3) is 0 Å². The molecule has 0 fully saturated rings. The molecular formula is C13H10F6N4O4. The highest BCUT2D eigenvalue weighted by Gasteiger charge is 2.49. The van der Waals surface area contributed by atoms with Crippen molar-refractivity contribution < 1.29 is 40.7 Å². The van der Waals surface area contributed by atoms with Gasteiger partial charge in [0.1, 0.15) is 5.82 Å². The predicted molar refractivity (Wildman–Crippen MR) is 78.5 cm³/mol. The number of carbonyl (C=O) groups is 2. The molecule has 0 spiro atoms. The number of esters is 2. The van der Waals surface area contributed by atoms with Crippen LogP contribution in [0.3, 0.4) is 0 Å². The molecule has 0 saturated carbocycles. The lowest BCUT2D eigenvalue weighted by Crippen LogP contribution is -2.34. The summed E-state index contributed by atoms with van der Waals surface area (Å²) in [5.74, 6) is -0.744. The monoisotopic (exact) mass is 400 g/mol.